The second-order valence-electron chi connectivity index (χ2n) is 8.20. The lowest BCUT2D eigenvalue weighted by atomic mass is 9.97. The Kier molecular flexibility index (Phi) is 8.72. The number of amides is 2. The molecule has 2 amide bonds. The Morgan fingerprint density at radius 3 is 2.42 bits per heavy atom. The van der Waals surface area contributed by atoms with Crippen LogP contribution in [0.3, 0.4) is 0 Å². The van der Waals surface area contributed by atoms with E-state index in [0.29, 0.717) is 26.2 Å². The third-order valence-corrected chi connectivity index (χ3v) is 6.05. The number of carboxylic acids is 2. The van der Waals surface area contributed by atoms with Crippen molar-refractivity contribution in [3.05, 3.63) is 30.1 Å². The van der Waals surface area contributed by atoms with Gasteiger partial charge < -0.3 is 29.9 Å². The summed E-state index contributed by atoms with van der Waals surface area (Å²) in [7, 11) is 0. The van der Waals surface area contributed by atoms with Crippen molar-refractivity contribution in [2.24, 2.45) is 5.92 Å². The normalized spacial score (nSPS) is 26.0. The van der Waals surface area contributed by atoms with E-state index in [-0.39, 0.29) is 29.9 Å². The van der Waals surface area contributed by atoms with Crippen molar-refractivity contribution in [2.75, 3.05) is 26.3 Å². The van der Waals surface area contributed by atoms with Crippen molar-refractivity contribution in [3.8, 4) is 0 Å². The fourth-order valence-corrected chi connectivity index (χ4v) is 4.35. The molecule has 4 heterocycles. The van der Waals surface area contributed by atoms with E-state index in [1.54, 1.807) is 12.4 Å². The summed E-state index contributed by atoms with van der Waals surface area (Å²) in [6.07, 6.45) is 6.97. The first-order valence-corrected chi connectivity index (χ1v) is 11.0. The summed E-state index contributed by atoms with van der Waals surface area (Å²) in [5, 5.41) is 17.8. The fraction of sp³-hybridized carbons (Fsp3) is 0.591. The number of ether oxygens (including phenoxy) is 2. The Bertz CT molecular complexity index is 831. The largest absolute Gasteiger partial charge is 0.473 e. The van der Waals surface area contributed by atoms with E-state index in [1.165, 1.54) is 0 Å². The van der Waals surface area contributed by atoms with Gasteiger partial charge in [-0.15, -0.1) is 0 Å². The van der Waals surface area contributed by atoms with Crippen LogP contribution < -0.4 is 5.32 Å². The summed E-state index contributed by atoms with van der Waals surface area (Å²) in [5.74, 6) is -3.50. The number of hydrogen-bond donors (Lipinski definition) is 3. The number of pyridine rings is 1. The molecule has 0 radical (unpaired) electrons. The van der Waals surface area contributed by atoms with Crippen LogP contribution in [0.1, 0.15) is 31.2 Å². The first-order chi connectivity index (χ1) is 15.9. The molecule has 11 nitrogen and oxygen atoms in total. The number of carbonyl (C=O) groups is 4. The molecule has 0 aromatic carbocycles. The van der Waals surface area contributed by atoms with Crippen LogP contribution in [0.2, 0.25) is 0 Å². The van der Waals surface area contributed by atoms with Gasteiger partial charge in [0.15, 0.2) is 0 Å². The highest BCUT2D eigenvalue weighted by Gasteiger charge is 2.45. The van der Waals surface area contributed by atoms with Gasteiger partial charge in [0, 0.05) is 32.1 Å². The number of carbonyl (C=O) groups excluding carboxylic acids is 2. The van der Waals surface area contributed by atoms with Crippen LogP contribution in [0.5, 0.6) is 0 Å². The molecule has 3 aliphatic heterocycles. The molecular formula is C22H29N3O8. The molecular weight excluding hydrogens is 434 g/mol. The predicted octanol–water partition coefficient (Wildman–Crippen LogP) is 0.0809. The lowest BCUT2D eigenvalue weighted by Gasteiger charge is -2.36. The smallest absolute Gasteiger partial charge is 0.414 e. The van der Waals surface area contributed by atoms with Crippen molar-refractivity contribution >= 4 is 23.8 Å². The highest BCUT2D eigenvalue weighted by atomic mass is 16.5. The number of fused-ring (bicyclic) bond motifs is 1. The second kappa shape index (κ2) is 11.7. The van der Waals surface area contributed by atoms with Crippen molar-refractivity contribution in [1.29, 1.82) is 0 Å². The SMILES string of the molecule is O=C(NCCc1ccncc1)[C@H]1CC[C@@H]2[C@@H](CCN2C(=O)C2CCOC2)O1.O=C(O)C(=O)O. The summed E-state index contributed by atoms with van der Waals surface area (Å²) >= 11 is 0. The molecule has 0 spiro atoms. The molecule has 1 unspecified atom stereocenters. The Morgan fingerprint density at radius 1 is 1.06 bits per heavy atom. The zero-order valence-electron chi connectivity index (χ0n) is 18.2. The van der Waals surface area contributed by atoms with E-state index in [1.807, 2.05) is 17.0 Å². The van der Waals surface area contributed by atoms with E-state index in [4.69, 9.17) is 29.3 Å². The van der Waals surface area contributed by atoms with Gasteiger partial charge in [-0.05, 0) is 49.8 Å². The standard InChI is InChI=1S/C20H27N3O4.C2H2O4/c24-19(22-10-5-14-3-8-21-9-4-14)18-2-1-16-17(27-18)6-11-23(16)20(25)15-7-12-26-13-15;3-1(4)2(5)6/h3-4,8-9,15-18H,1-2,5-7,10-13H2,(H,22,24);(H,3,4)(H,5,6)/t15?,16-,17-,18-;/m1./s1. The van der Waals surface area contributed by atoms with Crippen molar-refractivity contribution in [1.82, 2.24) is 15.2 Å². The van der Waals surface area contributed by atoms with Crippen LogP contribution in [0, 0.1) is 5.92 Å². The van der Waals surface area contributed by atoms with Crippen LogP contribution >= 0.6 is 0 Å². The molecule has 1 aromatic heterocycles. The van der Waals surface area contributed by atoms with Gasteiger partial charge in [0.25, 0.3) is 0 Å². The molecule has 3 aliphatic rings. The topological polar surface area (TPSA) is 155 Å². The van der Waals surface area contributed by atoms with Gasteiger partial charge in [0.2, 0.25) is 11.8 Å². The highest BCUT2D eigenvalue weighted by molar-refractivity contribution is 6.27. The summed E-state index contributed by atoms with van der Waals surface area (Å²) in [6, 6.07) is 4.01. The first-order valence-electron chi connectivity index (χ1n) is 11.0. The number of rotatable bonds is 5. The number of likely N-dealkylation sites (tertiary alicyclic amines) is 1. The first kappa shape index (κ1) is 24.6. The maximum Gasteiger partial charge on any atom is 0.414 e. The number of carboxylic acid groups (broad SMARTS) is 2. The minimum atomic E-state index is -1.82. The number of aromatic nitrogens is 1. The van der Waals surface area contributed by atoms with E-state index in [9.17, 15) is 9.59 Å². The third-order valence-electron chi connectivity index (χ3n) is 6.05. The summed E-state index contributed by atoms with van der Waals surface area (Å²) in [5.41, 5.74) is 1.15. The lowest BCUT2D eigenvalue weighted by molar-refractivity contribution is -0.159. The van der Waals surface area contributed by atoms with Crippen molar-refractivity contribution < 1.29 is 38.9 Å². The van der Waals surface area contributed by atoms with Gasteiger partial charge in [0.1, 0.15) is 6.10 Å². The monoisotopic (exact) mass is 463 g/mol. The second-order valence-corrected chi connectivity index (χ2v) is 8.20. The molecule has 4 rings (SSSR count). The highest BCUT2D eigenvalue weighted by Crippen LogP contribution is 2.33. The molecule has 33 heavy (non-hydrogen) atoms. The summed E-state index contributed by atoms with van der Waals surface area (Å²) in [6.45, 7) is 2.52. The maximum absolute atomic E-state index is 12.7. The molecule has 180 valence electrons. The fourth-order valence-electron chi connectivity index (χ4n) is 4.35. The summed E-state index contributed by atoms with van der Waals surface area (Å²) < 4.78 is 11.4. The molecule has 11 heteroatoms. The van der Waals surface area contributed by atoms with Gasteiger partial charge in [-0.1, -0.05) is 0 Å². The molecule has 1 aromatic rings. The molecule has 0 aliphatic carbocycles. The summed E-state index contributed by atoms with van der Waals surface area (Å²) in [4.78, 5) is 49.3. The zero-order chi connectivity index (χ0) is 23.8. The average Bonchev–Trinajstić information content (AvgIpc) is 3.49. The van der Waals surface area contributed by atoms with Crippen LogP contribution in [0.4, 0.5) is 0 Å². The maximum atomic E-state index is 12.7. The van der Waals surface area contributed by atoms with Gasteiger partial charge in [-0.3, -0.25) is 14.6 Å². The molecule has 3 N–H and O–H groups in total. The van der Waals surface area contributed by atoms with Gasteiger partial charge in [-0.2, -0.15) is 0 Å². The average molecular weight is 463 g/mol. The molecule has 4 atom stereocenters. The zero-order valence-corrected chi connectivity index (χ0v) is 18.2. The van der Waals surface area contributed by atoms with Crippen LogP contribution in [0.25, 0.3) is 0 Å². The van der Waals surface area contributed by atoms with Crippen molar-refractivity contribution in [2.45, 2.75) is 50.4 Å². The molecule has 0 bridgehead atoms. The number of aliphatic carboxylic acids is 2. The van der Waals surface area contributed by atoms with Crippen molar-refractivity contribution in [3.63, 3.8) is 0 Å². The Hall–Kier alpha value is -3.05. The van der Waals surface area contributed by atoms with Crippen LogP contribution in [-0.4, -0.2) is 88.4 Å². The number of nitrogens with zero attached hydrogens (tertiary/aromatic N) is 2. The quantitative estimate of drug-likeness (QED) is 0.515. The third kappa shape index (κ3) is 6.72. The van der Waals surface area contributed by atoms with Gasteiger partial charge >= 0.3 is 11.9 Å². The van der Waals surface area contributed by atoms with Gasteiger partial charge in [0.05, 0.1) is 24.7 Å². The Morgan fingerprint density at radius 2 is 1.79 bits per heavy atom. The van der Waals surface area contributed by atoms with E-state index in [2.05, 4.69) is 10.3 Å². The van der Waals surface area contributed by atoms with E-state index < -0.39 is 18.0 Å². The number of hydrogen-bond acceptors (Lipinski definition) is 7. The molecule has 3 saturated heterocycles. The van der Waals surface area contributed by atoms with Crippen LogP contribution in [-0.2, 0) is 35.1 Å². The van der Waals surface area contributed by atoms with E-state index >= 15 is 0 Å². The lowest BCUT2D eigenvalue weighted by Crippen LogP contribution is -2.50. The van der Waals surface area contributed by atoms with E-state index in [0.717, 1.165) is 37.8 Å². The van der Waals surface area contributed by atoms with Gasteiger partial charge in [-0.25, -0.2) is 9.59 Å². The minimum Gasteiger partial charge on any atom is -0.473 e. The number of nitrogens with one attached hydrogen (secondary N) is 1. The predicted molar refractivity (Wildman–Crippen MR) is 113 cm³/mol. The Labute approximate surface area is 191 Å². The molecule has 3 fully saturated rings. The Balaban J connectivity index is 0.000000454. The minimum absolute atomic E-state index is 0.00189. The van der Waals surface area contributed by atoms with Crippen LogP contribution in [0.15, 0.2) is 24.5 Å². The molecule has 0 saturated carbocycles.